The summed E-state index contributed by atoms with van der Waals surface area (Å²) in [5, 5.41) is 2.68. The molecule has 0 aliphatic heterocycles. The summed E-state index contributed by atoms with van der Waals surface area (Å²) < 4.78 is 2.28. The molecule has 25 heavy (non-hydrogen) atoms. The molecule has 0 N–H and O–H groups in total. The van der Waals surface area contributed by atoms with Crippen LogP contribution in [0.3, 0.4) is 0 Å². The van der Waals surface area contributed by atoms with Crippen LogP contribution in [0.25, 0.3) is 22.0 Å². The Morgan fingerprint density at radius 2 is 1.64 bits per heavy atom. The van der Waals surface area contributed by atoms with Gasteiger partial charge < -0.3 is 0 Å². The highest BCUT2D eigenvalue weighted by atomic mass is 14.9. The normalized spacial score (nSPS) is 14.1. The van der Waals surface area contributed by atoms with Gasteiger partial charge in [0, 0.05) is 11.6 Å². The van der Waals surface area contributed by atoms with Crippen molar-refractivity contribution in [3.63, 3.8) is 0 Å². The number of pyridine rings is 1. The molecule has 0 radical (unpaired) electrons. The predicted molar refractivity (Wildman–Crippen MR) is 106 cm³/mol. The van der Waals surface area contributed by atoms with E-state index in [1.165, 1.54) is 52.4 Å². The molecule has 1 aliphatic carbocycles. The summed E-state index contributed by atoms with van der Waals surface area (Å²) in [6, 6.07) is 14.1. The fraction of sp³-hybridized carbons (Fsp3) is 0.375. The standard InChI is InChI=1S/C24H28N/c1-16-13-17-7-6-8-18(17)15-22(16)23-21-10-9-20(24(2,3)4)14-19(21)11-12-25(23)5/h9-15H,6-8H2,1-5H3/q+1. The largest absolute Gasteiger partial charge is 0.220 e. The van der Waals surface area contributed by atoms with Crippen LogP contribution >= 0.6 is 0 Å². The molecule has 4 rings (SSSR count). The van der Waals surface area contributed by atoms with Crippen LogP contribution in [0.2, 0.25) is 0 Å². The van der Waals surface area contributed by atoms with Crippen molar-refractivity contribution in [2.75, 3.05) is 0 Å². The van der Waals surface area contributed by atoms with Gasteiger partial charge in [0.25, 0.3) is 0 Å². The van der Waals surface area contributed by atoms with E-state index in [0.717, 1.165) is 0 Å². The molecule has 1 nitrogen and oxygen atoms in total. The van der Waals surface area contributed by atoms with Gasteiger partial charge >= 0.3 is 0 Å². The predicted octanol–water partition coefficient (Wildman–Crippen LogP) is 5.43. The molecule has 0 fully saturated rings. The van der Waals surface area contributed by atoms with E-state index in [1.54, 1.807) is 11.1 Å². The third-order valence-corrected chi connectivity index (χ3v) is 5.70. The van der Waals surface area contributed by atoms with E-state index in [4.69, 9.17) is 0 Å². The van der Waals surface area contributed by atoms with Gasteiger partial charge in [-0.25, -0.2) is 4.57 Å². The van der Waals surface area contributed by atoms with E-state index in [1.807, 2.05) is 0 Å². The summed E-state index contributed by atoms with van der Waals surface area (Å²) in [6.07, 6.45) is 5.98. The lowest BCUT2D eigenvalue weighted by Gasteiger charge is -2.19. The van der Waals surface area contributed by atoms with Gasteiger partial charge in [-0.05, 0) is 71.4 Å². The van der Waals surface area contributed by atoms with Crippen molar-refractivity contribution in [2.45, 2.75) is 52.4 Å². The van der Waals surface area contributed by atoms with E-state index >= 15 is 0 Å². The summed E-state index contributed by atoms with van der Waals surface area (Å²) in [7, 11) is 2.17. The smallest absolute Gasteiger partial charge is 0.200 e. The molecule has 1 aliphatic rings. The molecule has 0 saturated carbocycles. The van der Waals surface area contributed by atoms with Crippen LogP contribution in [-0.2, 0) is 25.3 Å². The Kier molecular flexibility index (Phi) is 3.72. The number of rotatable bonds is 1. The lowest BCUT2D eigenvalue weighted by Crippen LogP contribution is -2.31. The quantitative estimate of drug-likeness (QED) is 0.524. The van der Waals surface area contributed by atoms with Crippen molar-refractivity contribution >= 4 is 10.8 Å². The minimum Gasteiger partial charge on any atom is -0.200 e. The highest BCUT2D eigenvalue weighted by molar-refractivity contribution is 5.94. The van der Waals surface area contributed by atoms with E-state index in [2.05, 4.69) is 81.9 Å². The number of aryl methyl sites for hydroxylation is 4. The lowest BCUT2D eigenvalue weighted by atomic mass is 9.85. The maximum atomic E-state index is 2.45. The number of hydrogen-bond donors (Lipinski definition) is 0. The Balaban J connectivity index is 1.97. The first-order valence-corrected chi connectivity index (χ1v) is 9.40. The van der Waals surface area contributed by atoms with E-state index in [9.17, 15) is 0 Å². The van der Waals surface area contributed by atoms with Crippen LogP contribution in [0, 0.1) is 6.92 Å². The highest BCUT2D eigenvalue weighted by Gasteiger charge is 2.22. The molecule has 0 saturated heterocycles. The second kappa shape index (κ2) is 5.69. The van der Waals surface area contributed by atoms with Gasteiger partial charge in [0.1, 0.15) is 7.05 Å². The summed E-state index contributed by atoms with van der Waals surface area (Å²) in [5.74, 6) is 0. The summed E-state index contributed by atoms with van der Waals surface area (Å²) in [6.45, 7) is 9.10. The number of nitrogens with zero attached hydrogens (tertiary/aromatic N) is 1. The van der Waals surface area contributed by atoms with E-state index in [0.29, 0.717) is 0 Å². The molecule has 0 bridgehead atoms. The van der Waals surface area contributed by atoms with E-state index < -0.39 is 0 Å². The first-order valence-electron chi connectivity index (χ1n) is 9.40. The Bertz CT molecular complexity index is 974. The van der Waals surface area contributed by atoms with Crippen LogP contribution < -0.4 is 4.57 Å². The average Bonchev–Trinajstić information content (AvgIpc) is 3.00. The van der Waals surface area contributed by atoms with Crippen molar-refractivity contribution in [3.8, 4) is 11.3 Å². The van der Waals surface area contributed by atoms with Crippen molar-refractivity contribution < 1.29 is 4.57 Å². The molecule has 0 unspecified atom stereocenters. The van der Waals surface area contributed by atoms with Crippen LogP contribution in [0.4, 0.5) is 0 Å². The average molecular weight is 330 g/mol. The fourth-order valence-electron chi connectivity index (χ4n) is 4.18. The molecule has 1 heterocycles. The van der Waals surface area contributed by atoms with Gasteiger partial charge in [-0.3, -0.25) is 0 Å². The minimum atomic E-state index is 0.176. The Morgan fingerprint density at radius 1 is 0.920 bits per heavy atom. The number of benzene rings is 2. The van der Waals surface area contributed by atoms with Gasteiger partial charge in [-0.1, -0.05) is 39.0 Å². The van der Waals surface area contributed by atoms with Crippen LogP contribution in [0.1, 0.15) is 49.4 Å². The van der Waals surface area contributed by atoms with Gasteiger partial charge in [-0.15, -0.1) is 0 Å². The lowest BCUT2D eigenvalue weighted by molar-refractivity contribution is -0.659. The molecule has 3 aromatic rings. The molecule has 0 amide bonds. The fourth-order valence-corrected chi connectivity index (χ4v) is 4.18. The third-order valence-electron chi connectivity index (χ3n) is 5.70. The molecule has 2 aromatic carbocycles. The second-order valence-corrected chi connectivity index (χ2v) is 8.62. The van der Waals surface area contributed by atoms with Gasteiger partial charge in [0.2, 0.25) is 5.69 Å². The monoisotopic (exact) mass is 330 g/mol. The van der Waals surface area contributed by atoms with Crippen molar-refractivity contribution in [2.24, 2.45) is 7.05 Å². The van der Waals surface area contributed by atoms with Gasteiger partial charge in [-0.2, -0.15) is 0 Å². The first-order chi connectivity index (χ1) is 11.8. The molecule has 1 aromatic heterocycles. The topological polar surface area (TPSA) is 3.88 Å². The summed E-state index contributed by atoms with van der Waals surface area (Å²) >= 11 is 0. The molecule has 0 spiro atoms. The second-order valence-electron chi connectivity index (χ2n) is 8.62. The Labute approximate surface area is 151 Å². The maximum absolute atomic E-state index is 2.45. The van der Waals surface area contributed by atoms with Gasteiger partial charge in [0.15, 0.2) is 6.20 Å². The molecular weight excluding hydrogens is 302 g/mol. The SMILES string of the molecule is Cc1cc2c(cc1-c1c3ccc(C(C)(C)C)cc3cc[n+]1C)CCC2. The third kappa shape index (κ3) is 2.76. The van der Waals surface area contributed by atoms with Crippen LogP contribution in [0.15, 0.2) is 42.6 Å². The summed E-state index contributed by atoms with van der Waals surface area (Å²) in [4.78, 5) is 0. The van der Waals surface area contributed by atoms with Gasteiger partial charge in [0.05, 0.1) is 5.39 Å². The number of fused-ring (bicyclic) bond motifs is 2. The molecule has 128 valence electrons. The Morgan fingerprint density at radius 3 is 2.36 bits per heavy atom. The number of hydrogen-bond acceptors (Lipinski definition) is 0. The minimum absolute atomic E-state index is 0.176. The Hall–Kier alpha value is -2.15. The number of aromatic nitrogens is 1. The summed E-state index contributed by atoms with van der Waals surface area (Å²) in [5.41, 5.74) is 8.79. The van der Waals surface area contributed by atoms with Crippen LogP contribution in [-0.4, -0.2) is 0 Å². The molecular formula is C24H28N+. The molecule has 0 atom stereocenters. The van der Waals surface area contributed by atoms with Crippen molar-refractivity contribution in [3.05, 3.63) is 64.8 Å². The van der Waals surface area contributed by atoms with E-state index in [-0.39, 0.29) is 5.41 Å². The first kappa shape index (κ1) is 16.3. The highest BCUT2D eigenvalue weighted by Crippen LogP contribution is 2.34. The molecule has 1 heteroatoms. The zero-order chi connectivity index (χ0) is 17.8. The van der Waals surface area contributed by atoms with Crippen molar-refractivity contribution in [1.29, 1.82) is 0 Å². The zero-order valence-corrected chi connectivity index (χ0v) is 16.1. The van der Waals surface area contributed by atoms with Crippen LogP contribution in [0.5, 0.6) is 0 Å². The van der Waals surface area contributed by atoms with Crippen molar-refractivity contribution in [1.82, 2.24) is 0 Å². The maximum Gasteiger partial charge on any atom is 0.220 e. The zero-order valence-electron chi connectivity index (χ0n) is 16.1.